The molecule has 0 aromatic heterocycles. The lowest BCUT2D eigenvalue weighted by molar-refractivity contribution is 0.133. The summed E-state index contributed by atoms with van der Waals surface area (Å²) in [6.45, 7) is 44.0. The van der Waals surface area contributed by atoms with Gasteiger partial charge < -0.3 is 5.11 Å². The molecule has 1 atom stereocenters. The third kappa shape index (κ3) is 8.60. The molecule has 0 radical (unpaired) electrons. The lowest BCUT2D eigenvalue weighted by atomic mass is 9.95. The Morgan fingerprint density at radius 2 is 1.02 bits per heavy atom. The first-order chi connectivity index (χ1) is 20.6. The van der Waals surface area contributed by atoms with Crippen molar-refractivity contribution in [1.82, 2.24) is 0 Å². The third-order valence-electron chi connectivity index (χ3n) is 12.4. The van der Waals surface area contributed by atoms with Gasteiger partial charge in [-0.3, -0.25) is 0 Å². The highest BCUT2D eigenvalue weighted by Gasteiger charge is 2.55. The van der Waals surface area contributed by atoms with Crippen LogP contribution in [-0.4, -0.2) is 34.9 Å². The molecule has 0 aliphatic heterocycles. The van der Waals surface area contributed by atoms with Crippen LogP contribution in [0, 0.1) is 11.5 Å². The Hall–Kier alpha value is -0.869. The monoisotopic (exact) mass is 669 g/mol. The highest BCUT2D eigenvalue weighted by Crippen LogP contribution is 2.54. The summed E-state index contributed by atoms with van der Waals surface area (Å²) >= 11 is 0. The van der Waals surface area contributed by atoms with Gasteiger partial charge in [-0.2, -0.15) is 0 Å². The van der Waals surface area contributed by atoms with E-state index in [1.54, 1.807) is 0 Å². The molecule has 258 valence electrons. The largest absolute Gasteiger partial charge is 0.374 e. The molecular weight excluding hydrogens is 593 g/mol. The molecule has 1 unspecified atom stereocenters. The molecule has 0 fully saturated rings. The van der Waals surface area contributed by atoms with E-state index in [0.717, 1.165) is 12.8 Å². The van der Waals surface area contributed by atoms with Crippen molar-refractivity contribution >= 4 is 24.2 Å². The predicted octanol–water partition coefficient (Wildman–Crippen LogP) is 13.3. The average molecular weight is 669 g/mol. The maximum atomic E-state index is 13.7. The van der Waals surface area contributed by atoms with Crippen LogP contribution in [0.5, 0.6) is 0 Å². The van der Waals surface area contributed by atoms with E-state index in [0.29, 0.717) is 56.3 Å². The number of aryl methyl sites for hydroxylation is 1. The van der Waals surface area contributed by atoms with Gasteiger partial charge in [-0.05, 0) is 79.9 Å². The van der Waals surface area contributed by atoms with Gasteiger partial charge in [0, 0.05) is 0 Å². The first kappa shape index (κ1) is 42.2. The second kappa shape index (κ2) is 17.0. The van der Waals surface area contributed by atoms with Gasteiger partial charge in [-0.25, -0.2) is 0 Å². The van der Waals surface area contributed by atoms with Crippen molar-refractivity contribution in [3.63, 3.8) is 0 Å². The van der Waals surface area contributed by atoms with Crippen molar-refractivity contribution in [1.29, 1.82) is 0 Å². The van der Waals surface area contributed by atoms with Crippen LogP contribution in [0.4, 0.5) is 0 Å². The van der Waals surface area contributed by atoms with E-state index < -0.39 is 29.8 Å². The highest BCUT2D eigenvalue weighted by atomic mass is 28.3. The minimum atomic E-state index is -2.29. The Balaban J connectivity index is 4.47. The van der Waals surface area contributed by atoms with Crippen LogP contribution in [0.25, 0.3) is 0 Å². The van der Waals surface area contributed by atoms with Crippen molar-refractivity contribution in [2.75, 3.05) is 0 Å². The Labute approximate surface area is 285 Å². The van der Waals surface area contributed by atoms with E-state index in [1.165, 1.54) is 10.8 Å². The topological polar surface area (TPSA) is 20.2 Å². The molecule has 0 aliphatic rings. The highest BCUT2D eigenvalue weighted by molar-refractivity contribution is 6.95. The smallest absolute Gasteiger partial charge is 0.146 e. The summed E-state index contributed by atoms with van der Waals surface area (Å²) in [6, 6.07) is 10.9. The Morgan fingerprint density at radius 3 is 1.36 bits per heavy atom. The van der Waals surface area contributed by atoms with Crippen LogP contribution < -0.4 is 0 Å². The molecule has 0 saturated heterocycles. The van der Waals surface area contributed by atoms with Gasteiger partial charge in [0.25, 0.3) is 0 Å². The fraction of sp³-hybridized carbons (Fsp3) is 0.756. The summed E-state index contributed by atoms with van der Waals surface area (Å²) in [5.41, 5.74) is 12.0. The van der Waals surface area contributed by atoms with Crippen molar-refractivity contribution in [3.05, 3.63) is 46.8 Å². The molecule has 0 saturated carbocycles. The first-order valence-electron chi connectivity index (χ1n) is 18.7. The normalized spacial score (nSPS) is 15.4. The van der Waals surface area contributed by atoms with E-state index in [1.807, 2.05) is 0 Å². The van der Waals surface area contributed by atoms with Gasteiger partial charge in [0.15, 0.2) is 0 Å². The van der Waals surface area contributed by atoms with Crippen molar-refractivity contribution in [2.24, 2.45) is 0 Å². The molecule has 0 aliphatic carbocycles. The Bertz CT molecular complexity index is 1050. The molecule has 1 nitrogen and oxygen atoms in total. The zero-order valence-corrected chi connectivity index (χ0v) is 36.2. The summed E-state index contributed by atoms with van der Waals surface area (Å²) < 4.78 is 0. The average Bonchev–Trinajstić information content (AvgIpc) is 2.89. The van der Waals surface area contributed by atoms with Crippen molar-refractivity contribution in [3.8, 4) is 11.5 Å². The molecule has 4 heteroatoms. The van der Waals surface area contributed by atoms with Crippen molar-refractivity contribution < 1.29 is 5.11 Å². The summed E-state index contributed by atoms with van der Waals surface area (Å²) in [4.78, 5) is 0. The number of rotatable bonds is 16. The maximum Gasteiger partial charge on any atom is 0.146 e. The summed E-state index contributed by atoms with van der Waals surface area (Å²) in [6.07, 6.45) is 2.61. The van der Waals surface area contributed by atoms with Crippen LogP contribution in [0.15, 0.2) is 41.2 Å². The van der Waals surface area contributed by atoms with E-state index >= 15 is 0 Å². The lowest BCUT2D eigenvalue weighted by Crippen LogP contribution is -2.57. The van der Waals surface area contributed by atoms with E-state index in [9.17, 15) is 5.11 Å². The predicted molar refractivity (Wildman–Crippen MR) is 213 cm³/mol. The molecule has 1 aromatic rings. The van der Waals surface area contributed by atoms with Crippen LogP contribution >= 0.6 is 0 Å². The quantitative estimate of drug-likeness (QED) is 0.137. The molecule has 0 amide bonds. The molecular formula is C41H76OSi3. The van der Waals surface area contributed by atoms with E-state index in [-0.39, 0.29) is 0 Å². The Kier molecular flexibility index (Phi) is 15.9. The van der Waals surface area contributed by atoms with E-state index in [4.69, 9.17) is 0 Å². The van der Waals surface area contributed by atoms with Gasteiger partial charge >= 0.3 is 0 Å². The van der Waals surface area contributed by atoms with Gasteiger partial charge in [0.1, 0.15) is 13.7 Å². The molecule has 0 spiro atoms. The summed E-state index contributed by atoms with van der Waals surface area (Å²) in [7, 11) is -6.40. The fourth-order valence-electron chi connectivity index (χ4n) is 10.4. The van der Waals surface area contributed by atoms with Gasteiger partial charge in [-0.15, -0.1) is 5.54 Å². The molecule has 1 rings (SSSR count). The number of aliphatic hydroxyl groups is 1. The van der Waals surface area contributed by atoms with Gasteiger partial charge in [0.05, 0.1) is 16.1 Å². The van der Waals surface area contributed by atoms with E-state index in [2.05, 4.69) is 172 Å². The third-order valence-corrected chi connectivity index (χ3v) is 33.0. The second-order valence-corrected chi connectivity index (χ2v) is 34.5. The van der Waals surface area contributed by atoms with Crippen LogP contribution in [0.2, 0.25) is 49.9 Å². The molecule has 1 N–H and O–H groups in total. The summed E-state index contributed by atoms with van der Waals surface area (Å²) in [5.74, 6) is 3.93. The summed E-state index contributed by atoms with van der Waals surface area (Å²) in [5, 5.41) is 15.1. The zero-order chi connectivity index (χ0) is 35.1. The Morgan fingerprint density at radius 1 is 0.622 bits per heavy atom. The SMILES string of the molecule is CC(C)[Si](C#CC(O)(CCCc1ccccc1)C(=C[Si](C(C)C)(C(C)C)C(C)C)[Si](C(C)C)(C(C)C)C(C)C)(C(C)C)C(C)C. The number of hydrogen-bond acceptors (Lipinski definition) is 1. The van der Waals surface area contributed by atoms with Crippen molar-refractivity contribution in [2.45, 2.75) is 199 Å². The standard InChI is InChI=1S/C41H76OSi3/c1-30(2)43(31(3)4,32(5)6)28-27-41(42,26-22-25-39-23-20-19-21-24-39)40(45(36(13)14,37(15)16)38(17)18)29-44(33(7)8,34(9)10)35(11)12/h19-21,23-24,29-38,42H,22,25-26H2,1-18H3. The number of hydrogen-bond donors (Lipinski definition) is 1. The van der Waals surface area contributed by atoms with Gasteiger partial charge in [0.2, 0.25) is 0 Å². The van der Waals surface area contributed by atoms with Gasteiger partial charge in [-0.1, -0.05) is 167 Å². The minimum Gasteiger partial charge on any atom is -0.374 e. The lowest BCUT2D eigenvalue weighted by Gasteiger charge is -2.52. The molecule has 1 aromatic carbocycles. The van der Waals surface area contributed by atoms with Crippen LogP contribution in [-0.2, 0) is 6.42 Å². The maximum absolute atomic E-state index is 13.7. The van der Waals surface area contributed by atoms with Crippen LogP contribution in [0.3, 0.4) is 0 Å². The number of benzene rings is 1. The molecule has 45 heavy (non-hydrogen) atoms. The zero-order valence-electron chi connectivity index (χ0n) is 33.2. The molecule has 0 heterocycles. The van der Waals surface area contributed by atoms with Crippen LogP contribution in [0.1, 0.15) is 143 Å². The molecule has 0 bridgehead atoms. The fourth-order valence-corrected chi connectivity index (χ4v) is 29.9. The first-order valence-corrected chi connectivity index (χ1v) is 25.4. The minimum absolute atomic E-state index is 0.506. The second-order valence-electron chi connectivity index (χ2n) is 17.3.